The Morgan fingerprint density at radius 3 is 2.38 bits per heavy atom. The second kappa shape index (κ2) is 3.14. The molecule has 0 amide bonds. The molecule has 0 radical (unpaired) electrons. The summed E-state index contributed by atoms with van der Waals surface area (Å²) in [6.07, 6.45) is 7.94. The molecule has 2 heterocycles. The first kappa shape index (κ1) is 8.75. The third-order valence-corrected chi connectivity index (χ3v) is 3.51. The van der Waals surface area contributed by atoms with Crippen LogP contribution in [0.1, 0.15) is 25.7 Å². The number of rotatable bonds is 2. The molecular formula is C10H17N3. The van der Waals surface area contributed by atoms with Crippen molar-refractivity contribution in [3.63, 3.8) is 0 Å². The van der Waals surface area contributed by atoms with Gasteiger partial charge >= 0.3 is 0 Å². The SMILES string of the molecule is N=C/C(=C\N)C12CCCN1CCC2. The van der Waals surface area contributed by atoms with Gasteiger partial charge in [-0.15, -0.1) is 0 Å². The summed E-state index contributed by atoms with van der Waals surface area (Å²) in [4.78, 5) is 2.50. The Balaban J connectivity index is 2.31. The van der Waals surface area contributed by atoms with Gasteiger partial charge in [-0.3, -0.25) is 4.90 Å². The van der Waals surface area contributed by atoms with Gasteiger partial charge in [0.1, 0.15) is 0 Å². The van der Waals surface area contributed by atoms with Crippen LogP contribution in [0.15, 0.2) is 11.8 Å². The molecule has 2 aliphatic rings. The third-order valence-electron chi connectivity index (χ3n) is 3.51. The maximum atomic E-state index is 7.37. The first-order chi connectivity index (χ1) is 6.33. The lowest BCUT2D eigenvalue weighted by atomic mass is 9.86. The van der Waals surface area contributed by atoms with E-state index in [2.05, 4.69) is 4.90 Å². The molecular weight excluding hydrogens is 162 g/mol. The van der Waals surface area contributed by atoms with Crippen molar-refractivity contribution in [1.29, 1.82) is 5.41 Å². The fraction of sp³-hybridized carbons (Fsp3) is 0.700. The largest absolute Gasteiger partial charge is 0.404 e. The molecule has 0 saturated carbocycles. The van der Waals surface area contributed by atoms with Crippen LogP contribution in [0.25, 0.3) is 0 Å². The number of hydrogen-bond donors (Lipinski definition) is 2. The Morgan fingerprint density at radius 2 is 1.92 bits per heavy atom. The molecule has 3 nitrogen and oxygen atoms in total. The van der Waals surface area contributed by atoms with Crippen molar-refractivity contribution in [3.8, 4) is 0 Å². The lowest BCUT2D eigenvalue weighted by Crippen LogP contribution is -2.40. The van der Waals surface area contributed by atoms with Crippen molar-refractivity contribution in [1.82, 2.24) is 4.90 Å². The molecule has 0 aromatic rings. The quantitative estimate of drug-likeness (QED) is 0.624. The molecule has 0 aromatic carbocycles. The van der Waals surface area contributed by atoms with E-state index in [0.29, 0.717) is 0 Å². The molecule has 2 fully saturated rings. The van der Waals surface area contributed by atoms with Gasteiger partial charge in [0.25, 0.3) is 0 Å². The normalized spacial score (nSPS) is 27.5. The van der Waals surface area contributed by atoms with Gasteiger partial charge in [0.2, 0.25) is 0 Å². The molecule has 0 aromatic heterocycles. The lowest BCUT2D eigenvalue weighted by Gasteiger charge is -2.32. The molecule has 0 aliphatic carbocycles. The molecule has 2 rings (SSSR count). The minimum atomic E-state index is 0.149. The fourth-order valence-electron chi connectivity index (χ4n) is 2.91. The van der Waals surface area contributed by atoms with Gasteiger partial charge in [0.15, 0.2) is 0 Å². The first-order valence-electron chi connectivity index (χ1n) is 5.01. The minimum absolute atomic E-state index is 0.149. The van der Waals surface area contributed by atoms with Crippen LogP contribution >= 0.6 is 0 Å². The second-order valence-corrected chi connectivity index (χ2v) is 3.99. The van der Waals surface area contributed by atoms with E-state index in [1.807, 2.05) is 0 Å². The van der Waals surface area contributed by atoms with E-state index in [1.165, 1.54) is 45.0 Å². The van der Waals surface area contributed by atoms with E-state index in [9.17, 15) is 0 Å². The summed E-state index contributed by atoms with van der Waals surface area (Å²) < 4.78 is 0. The zero-order chi connectivity index (χ0) is 9.31. The molecule has 2 saturated heterocycles. The van der Waals surface area contributed by atoms with Gasteiger partial charge in [-0.2, -0.15) is 0 Å². The lowest BCUT2D eigenvalue weighted by molar-refractivity contribution is 0.243. The van der Waals surface area contributed by atoms with Gasteiger partial charge in [0, 0.05) is 23.5 Å². The van der Waals surface area contributed by atoms with Crippen LogP contribution in [-0.4, -0.2) is 29.7 Å². The Bertz CT molecular complexity index is 235. The Hall–Kier alpha value is -0.830. The number of nitrogens with two attached hydrogens (primary N) is 1. The van der Waals surface area contributed by atoms with E-state index in [0.717, 1.165) is 5.57 Å². The molecule has 0 bridgehead atoms. The summed E-state index contributed by atoms with van der Waals surface area (Å²) in [6.45, 7) is 2.37. The topological polar surface area (TPSA) is 53.1 Å². The van der Waals surface area contributed by atoms with Crippen LogP contribution < -0.4 is 5.73 Å². The van der Waals surface area contributed by atoms with Crippen molar-refractivity contribution in [3.05, 3.63) is 11.8 Å². The molecule has 13 heavy (non-hydrogen) atoms. The summed E-state index contributed by atoms with van der Waals surface area (Å²) >= 11 is 0. The average Bonchev–Trinajstić information content (AvgIpc) is 2.64. The molecule has 2 aliphatic heterocycles. The maximum absolute atomic E-state index is 7.37. The Morgan fingerprint density at radius 1 is 1.31 bits per heavy atom. The van der Waals surface area contributed by atoms with Crippen LogP contribution in [0.4, 0.5) is 0 Å². The Kier molecular flexibility index (Phi) is 2.12. The highest BCUT2D eigenvalue weighted by molar-refractivity contribution is 5.79. The van der Waals surface area contributed by atoms with Crippen LogP contribution in [0.2, 0.25) is 0 Å². The van der Waals surface area contributed by atoms with E-state index >= 15 is 0 Å². The predicted molar refractivity (Wildman–Crippen MR) is 53.8 cm³/mol. The minimum Gasteiger partial charge on any atom is -0.404 e. The van der Waals surface area contributed by atoms with Gasteiger partial charge in [-0.25, -0.2) is 0 Å². The fourth-order valence-corrected chi connectivity index (χ4v) is 2.91. The highest BCUT2D eigenvalue weighted by atomic mass is 15.2. The predicted octanol–water partition coefficient (Wildman–Crippen LogP) is 1.11. The monoisotopic (exact) mass is 179 g/mol. The summed E-state index contributed by atoms with van der Waals surface area (Å²) in [5.74, 6) is 0. The van der Waals surface area contributed by atoms with Gasteiger partial charge in [-0.05, 0) is 38.8 Å². The maximum Gasteiger partial charge on any atom is 0.0490 e. The van der Waals surface area contributed by atoms with Gasteiger partial charge < -0.3 is 11.1 Å². The molecule has 0 atom stereocenters. The van der Waals surface area contributed by atoms with E-state index in [-0.39, 0.29) is 5.54 Å². The summed E-state index contributed by atoms with van der Waals surface area (Å²) in [5.41, 5.74) is 6.74. The first-order valence-corrected chi connectivity index (χ1v) is 5.01. The molecule has 3 heteroatoms. The highest BCUT2D eigenvalue weighted by Gasteiger charge is 2.45. The third kappa shape index (κ3) is 1.10. The van der Waals surface area contributed by atoms with Crippen molar-refractivity contribution in [2.45, 2.75) is 31.2 Å². The zero-order valence-electron chi connectivity index (χ0n) is 7.92. The van der Waals surface area contributed by atoms with Gasteiger partial charge in [-0.1, -0.05) is 0 Å². The van der Waals surface area contributed by atoms with Crippen molar-refractivity contribution in [2.24, 2.45) is 5.73 Å². The van der Waals surface area contributed by atoms with Crippen molar-refractivity contribution < 1.29 is 0 Å². The number of nitrogens with one attached hydrogen (secondary N) is 1. The summed E-state index contributed by atoms with van der Waals surface area (Å²) in [5, 5.41) is 7.37. The standard InChI is InChI=1S/C10H17N3/c11-7-9(8-12)10-3-1-5-13(10)6-2-4-10/h7-8,11H,1-6,12H2/b9-8+,11-7?. The molecule has 0 unspecified atom stereocenters. The van der Waals surface area contributed by atoms with Crippen LogP contribution in [0, 0.1) is 5.41 Å². The zero-order valence-corrected chi connectivity index (χ0v) is 7.92. The molecule has 0 spiro atoms. The van der Waals surface area contributed by atoms with E-state index in [1.54, 1.807) is 6.20 Å². The highest BCUT2D eigenvalue weighted by Crippen LogP contribution is 2.42. The van der Waals surface area contributed by atoms with Crippen LogP contribution in [-0.2, 0) is 0 Å². The summed E-state index contributed by atoms with van der Waals surface area (Å²) in [6, 6.07) is 0. The number of nitrogens with zero attached hydrogens (tertiary/aromatic N) is 1. The number of fused-ring (bicyclic) bond motifs is 1. The Labute approximate surface area is 79.1 Å². The second-order valence-electron chi connectivity index (χ2n) is 3.99. The van der Waals surface area contributed by atoms with Crippen molar-refractivity contribution in [2.75, 3.05) is 13.1 Å². The molecule has 3 N–H and O–H groups in total. The van der Waals surface area contributed by atoms with Crippen LogP contribution in [0.3, 0.4) is 0 Å². The van der Waals surface area contributed by atoms with Gasteiger partial charge in [0.05, 0.1) is 0 Å². The smallest absolute Gasteiger partial charge is 0.0490 e. The van der Waals surface area contributed by atoms with Crippen LogP contribution in [0.5, 0.6) is 0 Å². The summed E-state index contributed by atoms with van der Waals surface area (Å²) in [7, 11) is 0. The van der Waals surface area contributed by atoms with Crippen molar-refractivity contribution >= 4 is 6.21 Å². The van der Waals surface area contributed by atoms with E-state index in [4.69, 9.17) is 11.1 Å². The number of hydrogen-bond acceptors (Lipinski definition) is 3. The molecule has 72 valence electrons. The average molecular weight is 179 g/mol. The van der Waals surface area contributed by atoms with E-state index < -0.39 is 0 Å².